The summed E-state index contributed by atoms with van der Waals surface area (Å²) in [5, 5.41) is 0. The molecular weight excluding hydrogens is 440 g/mol. The van der Waals surface area contributed by atoms with E-state index in [1.54, 1.807) is 5.57 Å². The number of benzene rings is 1. The number of hydrogen-bond acceptors (Lipinski definition) is 2. The highest BCUT2D eigenvalue weighted by Crippen LogP contribution is 2.67. The summed E-state index contributed by atoms with van der Waals surface area (Å²) < 4.78 is 6.00. The lowest BCUT2D eigenvalue weighted by atomic mass is 9.47. The van der Waals surface area contributed by atoms with Crippen molar-refractivity contribution in [2.75, 3.05) is 0 Å². The average Bonchev–Trinajstić information content (AvgIpc) is 3.22. The molecule has 2 nitrogen and oxygen atoms in total. The molecular formula is C34H50O2. The monoisotopic (exact) mass is 490 g/mol. The van der Waals surface area contributed by atoms with Gasteiger partial charge >= 0.3 is 5.97 Å². The minimum atomic E-state index is -0.161. The van der Waals surface area contributed by atoms with Crippen LogP contribution in [0, 0.1) is 46.3 Å². The van der Waals surface area contributed by atoms with E-state index in [4.69, 9.17) is 4.74 Å². The van der Waals surface area contributed by atoms with Crippen LogP contribution >= 0.6 is 0 Å². The van der Waals surface area contributed by atoms with Gasteiger partial charge in [0, 0.05) is 6.42 Å². The minimum Gasteiger partial charge on any atom is -0.458 e. The van der Waals surface area contributed by atoms with E-state index in [1.165, 1.54) is 57.8 Å². The maximum absolute atomic E-state index is 12.7. The molecule has 3 saturated carbocycles. The van der Waals surface area contributed by atoms with Crippen molar-refractivity contribution < 1.29 is 9.53 Å². The summed E-state index contributed by atoms with van der Waals surface area (Å²) in [7, 11) is 0. The van der Waals surface area contributed by atoms with E-state index in [9.17, 15) is 4.79 Å². The standard InChI is InChI=1S/C34H50O2/c1-23(2)10-9-11-24(3)29-16-17-30-28-15-14-26-22-27(36-32(35)25-12-7-6-8-13-25)18-20-33(26,4)31(28)19-21-34(29,30)5/h6-8,12-14,23-24,27-31H,9-11,15-22H2,1-5H3/t24?,27-,28-,29+,30-,31-,33-,34+/m0/s1. The van der Waals surface area contributed by atoms with Gasteiger partial charge in [0.1, 0.15) is 6.10 Å². The zero-order valence-corrected chi connectivity index (χ0v) is 23.6. The normalized spacial score (nSPS) is 38.5. The van der Waals surface area contributed by atoms with E-state index in [0.29, 0.717) is 16.4 Å². The summed E-state index contributed by atoms with van der Waals surface area (Å²) in [6, 6.07) is 9.49. The predicted octanol–water partition coefficient (Wildman–Crippen LogP) is 9.25. The van der Waals surface area contributed by atoms with Gasteiger partial charge in [0.15, 0.2) is 0 Å². The molecule has 5 rings (SSSR count). The van der Waals surface area contributed by atoms with Gasteiger partial charge in [-0.3, -0.25) is 0 Å². The Kier molecular flexibility index (Phi) is 7.45. The van der Waals surface area contributed by atoms with Crippen LogP contribution in [-0.2, 0) is 4.74 Å². The molecule has 4 aliphatic carbocycles. The van der Waals surface area contributed by atoms with Crippen LogP contribution in [0.4, 0.5) is 0 Å². The number of allylic oxidation sites excluding steroid dienone is 1. The molecule has 198 valence electrons. The summed E-state index contributed by atoms with van der Waals surface area (Å²) in [6.45, 7) is 12.6. The van der Waals surface area contributed by atoms with Gasteiger partial charge in [-0.1, -0.05) is 83.7 Å². The molecule has 36 heavy (non-hydrogen) atoms. The Labute approximate surface area is 220 Å². The topological polar surface area (TPSA) is 26.3 Å². The summed E-state index contributed by atoms with van der Waals surface area (Å²) in [5.41, 5.74) is 3.12. The van der Waals surface area contributed by atoms with E-state index < -0.39 is 0 Å². The number of hydrogen-bond donors (Lipinski definition) is 0. The molecule has 1 aromatic rings. The molecule has 2 heteroatoms. The van der Waals surface area contributed by atoms with Gasteiger partial charge in [0.05, 0.1) is 5.56 Å². The van der Waals surface area contributed by atoms with Gasteiger partial charge in [-0.05, 0) is 103 Å². The molecule has 0 N–H and O–H groups in total. The van der Waals surface area contributed by atoms with Crippen LogP contribution in [0.3, 0.4) is 0 Å². The molecule has 8 atom stereocenters. The number of carbonyl (C=O) groups excluding carboxylic acids is 1. The van der Waals surface area contributed by atoms with Crippen molar-refractivity contribution in [1.82, 2.24) is 0 Å². The number of fused-ring (bicyclic) bond motifs is 5. The van der Waals surface area contributed by atoms with Crippen LogP contribution < -0.4 is 0 Å². The Morgan fingerprint density at radius 1 is 0.972 bits per heavy atom. The van der Waals surface area contributed by atoms with Crippen LogP contribution in [0.1, 0.15) is 116 Å². The van der Waals surface area contributed by atoms with Crippen molar-refractivity contribution in [1.29, 1.82) is 0 Å². The van der Waals surface area contributed by atoms with Crippen LogP contribution in [0.25, 0.3) is 0 Å². The molecule has 0 aromatic heterocycles. The highest BCUT2D eigenvalue weighted by atomic mass is 16.5. The lowest BCUT2D eigenvalue weighted by Crippen LogP contribution is -2.51. The lowest BCUT2D eigenvalue weighted by molar-refractivity contribution is -0.0594. The van der Waals surface area contributed by atoms with Crippen LogP contribution in [0.15, 0.2) is 42.0 Å². The van der Waals surface area contributed by atoms with E-state index >= 15 is 0 Å². The first-order chi connectivity index (χ1) is 17.2. The zero-order chi connectivity index (χ0) is 25.5. The van der Waals surface area contributed by atoms with Crippen LogP contribution in [-0.4, -0.2) is 12.1 Å². The van der Waals surface area contributed by atoms with E-state index in [0.717, 1.165) is 48.3 Å². The molecule has 0 spiro atoms. The third-order valence-electron chi connectivity index (χ3n) is 11.5. The van der Waals surface area contributed by atoms with E-state index in [2.05, 4.69) is 40.7 Å². The molecule has 0 saturated heterocycles. The first kappa shape index (κ1) is 26.1. The second-order valence-corrected chi connectivity index (χ2v) is 13.9. The average molecular weight is 491 g/mol. The maximum atomic E-state index is 12.7. The fourth-order valence-corrected chi connectivity index (χ4v) is 9.55. The van der Waals surface area contributed by atoms with Crippen molar-refractivity contribution in [2.45, 2.75) is 111 Å². The molecule has 4 aliphatic rings. The van der Waals surface area contributed by atoms with E-state index in [-0.39, 0.29) is 12.1 Å². The Hall–Kier alpha value is -1.57. The second kappa shape index (κ2) is 10.3. The number of ether oxygens (including phenoxy) is 1. The number of carbonyl (C=O) groups is 1. The molecule has 1 unspecified atom stereocenters. The third-order valence-corrected chi connectivity index (χ3v) is 11.5. The molecule has 0 heterocycles. The van der Waals surface area contributed by atoms with Crippen LogP contribution in [0.5, 0.6) is 0 Å². The Bertz CT molecular complexity index is 947. The quantitative estimate of drug-likeness (QED) is 0.281. The molecule has 0 radical (unpaired) electrons. The highest BCUT2D eigenvalue weighted by molar-refractivity contribution is 5.89. The summed E-state index contributed by atoms with van der Waals surface area (Å²) >= 11 is 0. The van der Waals surface area contributed by atoms with Gasteiger partial charge in [0.25, 0.3) is 0 Å². The molecule has 0 bridgehead atoms. The molecule has 1 aromatic carbocycles. The van der Waals surface area contributed by atoms with Crippen LogP contribution in [0.2, 0.25) is 0 Å². The Morgan fingerprint density at radius 2 is 1.75 bits per heavy atom. The summed E-state index contributed by atoms with van der Waals surface area (Å²) in [5.74, 6) is 5.03. The largest absolute Gasteiger partial charge is 0.458 e. The highest BCUT2D eigenvalue weighted by Gasteiger charge is 2.59. The maximum Gasteiger partial charge on any atom is 0.338 e. The Balaban J connectivity index is 1.25. The first-order valence-electron chi connectivity index (χ1n) is 15.2. The summed E-state index contributed by atoms with van der Waals surface area (Å²) in [6.07, 6.45) is 17.0. The number of esters is 1. The first-order valence-corrected chi connectivity index (χ1v) is 15.2. The SMILES string of the molecule is CC(C)CCCC(C)[C@H]1CC[C@H]2[C@@H]3CC=C4C[C@@H](OC(=O)c5ccccc5)CC[C@]4(C)[C@H]3CC[C@]12C. The predicted molar refractivity (Wildman–Crippen MR) is 149 cm³/mol. The van der Waals surface area contributed by atoms with Crippen molar-refractivity contribution in [3.63, 3.8) is 0 Å². The second-order valence-electron chi connectivity index (χ2n) is 13.9. The van der Waals surface area contributed by atoms with E-state index in [1.807, 2.05) is 30.3 Å². The number of rotatable bonds is 7. The Morgan fingerprint density at radius 3 is 2.50 bits per heavy atom. The van der Waals surface area contributed by atoms with Crippen molar-refractivity contribution in [2.24, 2.45) is 46.3 Å². The summed E-state index contributed by atoms with van der Waals surface area (Å²) in [4.78, 5) is 12.7. The van der Waals surface area contributed by atoms with Crippen molar-refractivity contribution in [3.8, 4) is 0 Å². The van der Waals surface area contributed by atoms with Crippen molar-refractivity contribution in [3.05, 3.63) is 47.5 Å². The fraction of sp³-hybridized carbons (Fsp3) is 0.735. The fourth-order valence-electron chi connectivity index (χ4n) is 9.55. The van der Waals surface area contributed by atoms with Gasteiger partial charge < -0.3 is 4.74 Å². The smallest absolute Gasteiger partial charge is 0.338 e. The molecule has 3 fully saturated rings. The third kappa shape index (κ3) is 4.71. The minimum absolute atomic E-state index is 0.0324. The zero-order valence-electron chi connectivity index (χ0n) is 23.6. The molecule has 0 aliphatic heterocycles. The van der Waals surface area contributed by atoms with Gasteiger partial charge in [0.2, 0.25) is 0 Å². The molecule has 0 amide bonds. The van der Waals surface area contributed by atoms with Gasteiger partial charge in [-0.15, -0.1) is 0 Å². The van der Waals surface area contributed by atoms with Gasteiger partial charge in [-0.25, -0.2) is 4.79 Å². The van der Waals surface area contributed by atoms with Crippen molar-refractivity contribution >= 4 is 5.97 Å². The lowest BCUT2D eigenvalue weighted by Gasteiger charge is -2.58. The van der Waals surface area contributed by atoms with Gasteiger partial charge in [-0.2, -0.15) is 0 Å².